The summed E-state index contributed by atoms with van der Waals surface area (Å²) in [7, 11) is 0. The molecule has 0 radical (unpaired) electrons. The fourth-order valence-electron chi connectivity index (χ4n) is 1.98. The van der Waals surface area contributed by atoms with Crippen molar-refractivity contribution >= 4 is 11.3 Å². The summed E-state index contributed by atoms with van der Waals surface area (Å²) in [5, 5.41) is 6.98. The summed E-state index contributed by atoms with van der Waals surface area (Å²) in [6.07, 6.45) is 1.23. The molecule has 0 saturated carbocycles. The summed E-state index contributed by atoms with van der Waals surface area (Å²) in [6.45, 7) is 10.0. The Balaban J connectivity index is 2.14. The van der Waals surface area contributed by atoms with E-state index in [2.05, 4.69) is 38.4 Å². The van der Waals surface area contributed by atoms with Crippen LogP contribution >= 0.6 is 11.3 Å². The molecular weight excluding hydrogens is 204 g/mol. The monoisotopic (exact) mass is 224 g/mol. The summed E-state index contributed by atoms with van der Waals surface area (Å²) in [6, 6.07) is 0.648. The van der Waals surface area contributed by atoms with Gasteiger partial charge >= 0.3 is 0 Å². The van der Waals surface area contributed by atoms with E-state index in [1.165, 1.54) is 17.1 Å². The van der Waals surface area contributed by atoms with Gasteiger partial charge in [0.25, 0.3) is 0 Å². The molecule has 1 fully saturated rings. The topological polar surface area (TPSA) is 24.9 Å². The van der Waals surface area contributed by atoms with E-state index in [1.54, 1.807) is 11.3 Å². The van der Waals surface area contributed by atoms with Crippen LogP contribution in [-0.4, -0.2) is 17.6 Å². The van der Waals surface area contributed by atoms with Crippen molar-refractivity contribution < 1.29 is 0 Å². The highest BCUT2D eigenvalue weighted by atomic mass is 32.1. The van der Waals surface area contributed by atoms with Crippen molar-refractivity contribution in [1.82, 2.24) is 10.3 Å². The lowest BCUT2D eigenvalue weighted by molar-refractivity contribution is 0.578. The minimum absolute atomic E-state index is 0.195. The maximum absolute atomic E-state index is 4.78. The van der Waals surface area contributed by atoms with E-state index in [4.69, 9.17) is 4.98 Å². The number of hydrogen-bond acceptors (Lipinski definition) is 3. The van der Waals surface area contributed by atoms with Gasteiger partial charge in [0.1, 0.15) is 0 Å². The third-order valence-corrected chi connectivity index (χ3v) is 4.22. The maximum atomic E-state index is 4.78. The van der Waals surface area contributed by atoms with Crippen LogP contribution in [0.5, 0.6) is 0 Å². The average Bonchev–Trinajstić information content (AvgIpc) is 2.69. The van der Waals surface area contributed by atoms with Gasteiger partial charge in [0.2, 0.25) is 0 Å². The third-order valence-electron chi connectivity index (χ3n) is 2.93. The van der Waals surface area contributed by atoms with Crippen LogP contribution in [0.1, 0.15) is 50.7 Å². The highest BCUT2D eigenvalue weighted by Gasteiger charge is 2.26. The van der Waals surface area contributed by atoms with Gasteiger partial charge in [-0.2, -0.15) is 0 Å². The fourth-order valence-corrected chi connectivity index (χ4v) is 2.97. The van der Waals surface area contributed by atoms with Crippen LogP contribution in [0.3, 0.4) is 0 Å². The van der Waals surface area contributed by atoms with Crippen LogP contribution in [0.25, 0.3) is 0 Å². The Bertz CT molecular complexity index is 338. The average molecular weight is 224 g/mol. The van der Waals surface area contributed by atoms with Crippen LogP contribution in [0.4, 0.5) is 0 Å². The largest absolute Gasteiger partial charge is 0.314 e. The molecule has 0 aromatic carbocycles. The molecule has 1 N–H and O–H groups in total. The Hall–Kier alpha value is -0.410. The molecule has 1 aliphatic rings. The van der Waals surface area contributed by atoms with Crippen LogP contribution in [-0.2, 0) is 5.41 Å². The SMILES string of the molecule is CC1CC(c2csc(C(C)(C)C)n2)CN1. The zero-order chi connectivity index (χ0) is 11.1. The lowest BCUT2D eigenvalue weighted by Gasteiger charge is -2.14. The lowest BCUT2D eigenvalue weighted by Crippen LogP contribution is -2.16. The minimum atomic E-state index is 0.195. The van der Waals surface area contributed by atoms with E-state index < -0.39 is 0 Å². The van der Waals surface area contributed by atoms with Crippen molar-refractivity contribution in [3.8, 4) is 0 Å². The number of aromatic nitrogens is 1. The van der Waals surface area contributed by atoms with Gasteiger partial charge in [-0.1, -0.05) is 20.8 Å². The van der Waals surface area contributed by atoms with E-state index >= 15 is 0 Å². The first kappa shape index (κ1) is 11.1. The predicted molar refractivity (Wildman–Crippen MR) is 65.6 cm³/mol. The molecule has 15 heavy (non-hydrogen) atoms. The second-order valence-corrected chi connectivity index (χ2v) is 6.43. The second-order valence-electron chi connectivity index (χ2n) is 5.57. The number of thiazole rings is 1. The zero-order valence-electron chi connectivity index (χ0n) is 10.0. The molecule has 0 spiro atoms. The molecule has 1 aromatic rings. The maximum Gasteiger partial charge on any atom is 0.0982 e. The second kappa shape index (κ2) is 3.87. The van der Waals surface area contributed by atoms with Crippen molar-refractivity contribution in [1.29, 1.82) is 0 Å². The summed E-state index contributed by atoms with van der Waals surface area (Å²) >= 11 is 1.81. The fraction of sp³-hybridized carbons (Fsp3) is 0.750. The molecule has 0 amide bonds. The molecule has 1 saturated heterocycles. The first-order valence-electron chi connectivity index (χ1n) is 5.66. The van der Waals surface area contributed by atoms with Crippen LogP contribution in [0.15, 0.2) is 5.38 Å². The van der Waals surface area contributed by atoms with E-state index in [0.29, 0.717) is 12.0 Å². The number of rotatable bonds is 1. The normalized spacial score (nSPS) is 27.2. The number of nitrogens with one attached hydrogen (secondary N) is 1. The summed E-state index contributed by atoms with van der Waals surface area (Å²) in [5.41, 5.74) is 1.49. The van der Waals surface area contributed by atoms with Crippen molar-refractivity contribution in [2.75, 3.05) is 6.54 Å². The molecule has 2 atom stereocenters. The van der Waals surface area contributed by atoms with E-state index in [0.717, 1.165) is 6.54 Å². The quantitative estimate of drug-likeness (QED) is 0.793. The standard InChI is InChI=1S/C12H20N2S/c1-8-5-9(6-13-8)10-7-15-11(14-10)12(2,3)4/h7-9,13H,5-6H2,1-4H3. The Morgan fingerprint density at radius 1 is 1.47 bits per heavy atom. The first-order valence-corrected chi connectivity index (χ1v) is 6.54. The van der Waals surface area contributed by atoms with Gasteiger partial charge in [-0.3, -0.25) is 0 Å². The number of nitrogens with zero attached hydrogens (tertiary/aromatic N) is 1. The molecule has 3 heteroatoms. The summed E-state index contributed by atoms with van der Waals surface area (Å²) in [5.74, 6) is 0.632. The molecule has 2 unspecified atom stereocenters. The van der Waals surface area contributed by atoms with Crippen molar-refractivity contribution in [2.24, 2.45) is 0 Å². The van der Waals surface area contributed by atoms with Crippen LogP contribution in [0.2, 0.25) is 0 Å². The van der Waals surface area contributed by atoms with Gasteiger partial charge in [-0.25, -0.2) is 4.98 Å². The molecule has 0 aliphatic carbocycles. The molecule has 84 valence electrons. The van der Waals surface area contributed by atoms with Gasteiger partial charge in [0.05, 0.1) is 10.7 Å². The van der Waals surface area contributed by atoms with E-state index in [9.17, 15) is 0 Å². The van der Waals surface area contributed by atoms with Gasteiger partial charge in [0, 0.05) is 29.3 Å². The Kier molecular flexibility index (Phi) is 2.86. The Labute approximate surface area is 96.1 Å². The van der Waals surface area contributed by atoms with Gasteiger partial charge < -0.3 is 5.32 Å². The van der Waals surface area contributed by atoms with Gasteiger partial charge in [-0.05, 0) is 13.3 Å². The van der Waals surface area contributed by atoms with Gasteiger partial charge in [-0.15, -0.1) is 11.3 Å². The first-order chi connectivity index (χ1) is 6.97. The van der Waals surface area contributed by atoms with Crippen LogP contribution in [0, 0.1) is 0 Å². The molecule has 1 aliphatic heterocycles. The highest BCUT2D eigenvalue weighted by molar-refractivity contribution is 7.09. The summed E-state index contributed by atoms with van der Waals surface area (Å²) in [4.78, 5) is 4.78. The van der Waals surface area contributed by atoms with Crippen LogP contribution < -0.4 is 5.32 Å². The minimum Gasteiger partial charge on any atom is -0.314 e. The van der Waals surface area contributed by atoms with E-state index in [1.807, 2.05) is 0 Å². The lowest BCUT2D eigenvalue weighted by atomic mass is 9.98. The molecule has 2 heterocycles. The van der Waals surface area contributed by atoms with Crippen molar-refractivity contribution in [2.45, 2.75) is 51.5 Å². The Morgan fingerprint density at radius 3 is 2.67 bits per heavy atom. The predicted octanol–water partition coefficient (Wildman–Crippen LogP) is 2.91. The van der Waals surface area contributed by atoms with Crippen molar-refractivity contribution in [3.05, 3.63) is 16.1 Å². The summed E-state index contributed by atoms with van der Waals surface area (Å²) < 4.78 is 0. The van der Waals surface area contributed by atoms with Gasteiger partial charge in [0.15, 0.2) is 0 Å². The Morgan fingerprint density at radius 2 is 2.20 bits per heavy atom. The highest BCUT2D eigenvalue weighted by Crippen LogP contribution is 2.31. The molecule has 0 bridgehead atoms. The molecular formula is C12H20N2S. The smallest absolute Gasteiger partial charge is 0.0982 e. The molecule has 2 rings (SSSR count). The zero-order valence-corrected chi connectivity index (χ0v) is 10.8. The molecule has 1 aromatic heterocycles. The molecule has 2 nitrogen and oxygen atoms in total. The van der Waals surface area contributed by atoms with Crippen molar-refractivity contribution in [3.63, 3.8) is 0 Å². The van der Waals surface area contributed by atoms with E-state index in [-0.39, 0.29) is 5.41 Å². The number of hydrogen-bond donors (Lipinski definition) is 1. The third kappa shape index (κ3) is 2.40.